The number of nitrogens with one attached hydrogen (secondary N) is 2. The number of aryl methyl sites for hydroxylation is 1. The van der Waals surface area contributed by atoms with Gasteiger partial charge in [-0.05, 0) is 49.4 Å². The molecule has 7 nitrogen and oxygen atoms in total. The second kappa shape index (κ2) is 10.2. The van der Waals surface area contributed by atoms with Crippen LogP contribution in [0.25, 0.3) is 11.3 Å². The lowest BCUT2D eigenvalue weighted by molar-refractivity contribution is -0.122. The number of amides is 2. The number of amidine groups is 1. The average molecular weight is 501 g/mol. The molecule has 10 heteroatoms. The summed E-state index contributed by atoms with van der Waals surface area (Å²) >= 11 is 13.1. The number of carbonyl (C=O) groups is 2. The van der Waals surface area contributed by atoms with E-state index in [1.54, 1.807) is 30.3 Å². The van der Waals surface area contributed by atoms with Gasteiger partial charge in [0, 0.05) is 17.7 Å². The van der Waals surface area contributed by atoms with Gasteiger partial charge in [0.15, 0.2) is 5.17 Å². The predicted octanol–water partition coefficient (Wildman–Crippen LogP) is 5.51. The number of rotatable bonds is 6. The molecule has 3 aromatic rings. The summed E-state index contributed by atoms with van der Waals surface area (Å²) in [5, 5.41) is 14.1. The van der Waals surface area contributed by atoms with Crippen molar-refractivity contribution in [3.8, 4) is 11.3 Å². The van der Waals surface area contributed by atoms with Crippen LogP contribution in [0.4, 0.5) is 5.69 Å². The van der Waals surface area contributed by atoms with Gasteiger partial charge >= 0.3 is 0 Å². The number of halogens is 2. The quantitative estimate of drug-likeness (QED) is 0.344. The molecule has 2 N–H and O–H groups in total. The first-order valence-electron chi connectivity index (χ1n) is 9.88. The number of benzene rings is 2. The van der Waals surface area contributed by atoms with E-state index in [1.165, 1.54) is 6.21 Å². The molecule has 4 rings (SSSR count). The van der Waals surface area contributed by atoms with Crippen molar-refractivity contribution >= 4 is 63.8 Å². The summed E-state index contributed by atoms with van der Waals surface area (Å²) in [7, 11) is 0. The van der Waals surface area contributed by atoms with Gasteiger partial charge in [-0.15, -0.1) is 5.10 Å². The van der Waals surface area contributed by atoms with Crippen LogP contribution in [0.1, 0.15) is 17.7 Å². The Hall–Kier alpha value is -3.07. The molecule has 1 aliphatic heterocycles. The Bertz CT molecular complexity index is 1250. The van der Waals surface area contributed by atoms with Crippen LogP contribution in [0, 0.1) is 6.92 Å². The fourth-order valence-electron chi connectivity index (χ4n) is 2.97. The smallest absolute Gasteiger partial charge is 0.240 e. The van der Waals surface area contributed by atoms with Crippen LogP contribution in [0.2, 0.25) is 10.0 Å². The molecule has 0 unspecified atom stereocenters. The number of thioether (sulfide) groups is 1. The van der Waals surface area contributed by atoms with Crippen LogP contribution >= 0.6 is 35.0 Å². The van der Waals surface area contributed by atoms with E-state index in [-0.39, 0.29) is 18.2 Å². The first-order valence-corrected chi connectivity index (χ1v) is 11.5. The van der Waals surface area contributed by atoms with Crippen LogP contribution in [0.3, 0.4) is 0 Å². The zero-order chi connectivity index (χ0) is 23.4. The summed E-state index contributed by atoms with van der Waals surface area (Å²) in [6, 6.07) is 16.2. The first kappa shape index (κ1) is 23.1. The van der Waals surface area contributed by atoms with Crippen LogP contribution < -0.4 is 10.6 Å². The fraction of sp³-hybridized carbons (Fsp3) is 0.130. The lowest BCUT2D eigenvalue weighted by Crippen LogP contribution is -2.28. The third-order valence-corrected chi connectivity index (χ3v) is 6.46. The second-order valence-electron chi connectivity index (χ2n) is 7.19. The van der Waals surface area contributed by atoms with E-state index in [1.807, 2.05) is 31.2 Å². The topological polar surface area (TPSA) is 96.1 Å². The summed E-state index contributed by atoms with van der Waals surface area (Å²) in [5.74, 6) is 0.546. The average Bonchev–Trinajstić information content (AvgIpc) is 3.38. The van der Waals surface area contributed by atoms with Crippen molar-refractivity contribution < 1.29 is 14.0 Å². The minimum Gasteiger partial charge on any atom is -0.455 e. The van der Waals surface area contributed by atoms with E-state index < -0.39 is 5.25 Å². The Morgan fingerprint density at radius 1 is 1.15 bits per heavy atom. The molecular weight excluding hydrogens is 483 g/mol. The molecule has 0 aliphatic carbocycles. The molecule has 33 heavy (non-hydrogen) atoms. The van der Waals surface area contributed by atoms with Gasteiger partial charge in [-0.2, -0.15) is 5.10 Å². The molecule has 2 aromatic carbocycles. The molecule has 1 fully saturated rings. The molecular formula is C23H18Cl2N4O3S. The Labute approximate surface area is 204 Å². The van der Waals surface area contributed by atoms with Gasteiger partial charge in [0.1, 0.15) is 16.8 Å². The maximum Gasteiger partial charge on any atom is 0.240 e. The summed E-state index contributed by atoms with van der Waals surface area (Å²) in [4.78, 5) is 24.4. The van der Waals surface area contributed by atoms with Crippen LogP contribution in [-0.2, 0) is 9.59 Å². The molecule has 1 aliphatic rings. The molecule has 0 saturated carbocycles. The van der Waals surface area contributed by atoms with E-state index >= 15 is 0 Å². The Kier molecular flexibility index (Phi) is 7.17. The lowest BCUT2D eigenvalue weighted by Gasteiger charge is -2.07. The van der Waals surface area contributed by atoms with Gasteiger partial charge in [-0.1, -0.05) is 52.7 Å². The van der Waals surface area contributed by atoms with E-state index in [0.717, 1.165) is 22.9 Å². The highest BCUT2D eigenvalue weighted by Crippen LogP contribution is 2.29. The zero-order valence-electron chi connectivity index (χ0n) is 17.3. The summed E-state index contributed by atoms with van der Waals surface area (Å²) in [5.41, 5.74) is 2.56. The van der Waals surface area contributed by atoms with Crippen molar-refractivity contribution in [1.82, 2.24) is 5.32 Å². The highest BCUT2D eigenvalue weighted by molar-refractivity contribution is 8.15. The number of anilines is 1. The van der Waals surface area contributed by atoms with Crippen molar-refractivity contribution in [2.24, 2.45) is 10.2 Å². The summed E-state index contributed by atoms with van der Waals surface area (Å²) in [6.45, 7) is 1.97. The molecule has 1 atom stereocenters. The fourth-order valence-corrected chi connectivity index (χ4v) is 4.19. The van der Waals surface area contributed by atoms with Crippen molar-refractivity contribution in [1.29, 1.82) is 0 Å². The minimum absolute atomic E-state index is 0.0261. The minimum atomic E-state index is -0.575. The van der Waals surface area contributed by atoms with Crippen molar-refractivity contribution in [3.05, 3.63) is 76.0 Å². The Morgan fingerprint density at radius 3 is 2.70 bits per heavy atom. The van der Waals surface area contributed by atoms with Gasteiger partial charge in [0.2, 0.25) is 11.8 Å². The van der Waals surface area contributed by atoms with E-state index in [9.17, 15) is 9.59 Å². The number of carbonyl (C=O) groups excluding carboxylic acids is 2. The monoisotopic (exact) mass is 500 g/mol. The second-order valence-corrected chi connectivity index (χ2v) is 9.20. The van der Waals surface area contributed by atoms with Crippen molar-refractivity contribution in [3.63, 3.8) is 0 Å². The van der Waals surface area contributed by atoms with Crippen LogP contribution in [0.15, 0.2) is 69.2 Å². The zero-order valence-corrected chi connectivity index (χ0v) is 19.7. The molecule has 168 valence electrons. The molecule has 2 heterocycles. The normalized spacial score (nSPS) is 17.0. The van der Waals surface area contributed by atoms with Crippen molar-refractivity contribution in [2.45, 2.75) is 18.6 Å². The molecule has 0 radical (unpaired) electrons. The molecule has 1 aromatic heterocycles. The van der Waals surface area contributed by atoms with Crippen molar-refractivity contribution in [2.75, 3.05) is 5.32 Å². The Morgan fingerprint density at radius 2 is 1.94 bits per heavy atom. The number of furan rings is 1. The highest BCUT2D eigenvalue weighted by Gasteiger charge is 2.32. The number of hydrogen-bond donors (Lipinski definition) is 2. The molecule has 0 spiro atoms. The van der Waals surface area contributed by atoms with Gasteiger partial charge in [0.05, 0.1) is 16.3 Å². The maximum atomic E-state index is 12.3. The number of nitrogens with zero attached hydrogens (tertiary/aromatic N) is 2. The molecule has 2 amide bonds. The predicted molar refractivity (Wildman–Crippen MR) is 133 cm³/mol. The Balaban J connectivity index is 1.33. The third kappa shape index (κ3) is 6.04. The standard InChI is InChI=1S/C23H18Cl2N4O3S/c1-13-2-5-15(6-3-13)27-21(30)11-20-22(31)28-23(33-20)29-26-12-16-7-9-19(32-16)14-4-8-17(24)18(25)10-14/h2-10,12,20H,11H2,1H3,(H,27,30)(H,28,29,31)/b26-12-/t20-/m0/s1. The van der Waals surface area contributed by atoms with Crippen LogP contribution in [-0.4, -0.2) is 28.4 Å². The van der Waals surface area contributed by atoms with E-state index in [2.05, 4.69) is 20.8 Å². The first-order chi connectivity index (χ1) is 15.9. The lowest BCUT2D eigenvalue weighted by atomic mass is 10.2. The third-order valence-electron chi connectivity index (χ3n) is 4.65. The summed E-state index contributed by atoms with van der Waals surface area (Å²) in [6.07, 6.45) is 1.45. The number of hydrogen-bond acceptors (Lipinski definition) is 6. The van der Waals surface area contributed by atoms with Crippen LogP contribution in [0.5, 0.6) is 0 Å². The SMILES string of the molecule is Cc1ccc(NC(=O)C[C@@H]2S/C(=N/N=C\c3ccc(-c4ccc(Cl)c(Cl)c4)o3)NC2=O)cc1. The van der Waals surface area contributed by atoms with Gasteiger partial charge in [-0.25, -0.2) is 0 Å². The van der Waals surface area contributed by atoms with Gasteiger partial charge in [0.25, 0.3) is 0 Å². The van der Waals surface area contributed by atoms with Gasteiger partial charge in [-0.3, -0.25) is 9.59 Å². The highest BCUT2D eigenvalue weighted by atomic mass is 35.5. The summed E-state index contributed by atoms with van der Waals surface area (Å²) < 4.78 is 5.72. The van der Waals surface area contributed by atoms with E-state index in [0.29, 0.717) is 32.4 Å². The van der Waals surface area contributed by atoms with E-state index in [4.69, 9.17) is 27.6 Å². The maximum absolute atomic E-state index is 12.3. The molecule has 1 saturated heterocycles. The van der Waals surface area contributed by atoms with Gasteiger partial charge < -0.3 is 15.1 Å². The largest absolute Gasteiger partial charge is 0.455 e. The molecule has 0 bridgehead atoms.